The van der Waals surface area contributed by atoms with Gasteiger partial charge in [0.2, 0.25) is 0 Å². The van der Waals surface area contributed by atoms with Crippen LogP contribution in [0.15, 0.2) is 0 Å². The number of phosphoric ester groups is 2. The van der Waals surface area contributed by atoms with Crippen LogP contribution >= 0.6 is 15.6 Å². The first-order valence-corrected chi connectivity index (χ1v) is 42.8. The highest BCUT2D eigenvalue weighted by Crippen LogP contribution is 2.45. The van der Waals surface area contributed by atoms with Crippen LogP contribution in [0.1, 0.15) is 389 Å². The molecule has 0 saturated carbocycles. The molecule has 0 aromatic heterocycles. The number of hydrogen-bond acceptors (Lipinski definition) is 15. The van der Waals surface area contributed by atoms with Crippen LogP contribution in [-0.4, -0.2) is 96.7 Å². The van der Waals surface area contributed by atoms with E-state index in [-0.39, 0.29) is 25.7 Å². The minimum Gasteiger partial charge on any atom is -0.462 e. The second kappa shape index (κ2) is 66.3. The molecule has 570 valence electrons. The quantitative estimate of drug-likeness (QED) is 0.0222. The van der Waals surface area contributed by atoms with Gasteiger partial charge in [0.1, 0.15) is 19.3 Å². The van der Waals surface area contributed by atoms with Gasteiger partial charge >= 0.3 is 39.5 Å². The normalized spacial score (nSPS) is 15.2. The van der Waals surface area contributed by atoms with Gasteiger partial charge < -0.3 is 33.8 Å². The van der Waals surface area contributed by atoms with Gasteiger partial charge in [0.15, 0.2) is 12.2 Å². The van der Waals surface area contributed by atoms with Crippen LogP contribution in [0.3, 0.4) is 0 Å². The zero-order valence-electron chi connectivity index (χ0n) is 63.0. The van der Waals surface area contributed by atoms with E-state index >= 15 is 0 Å². The zero-order valence-corrected chi connectivity index (χ0v) is 64.8. The third-order valence-electron chi connectivity index (χ3n) is 19.3. The zero-order chi connectivity index (χ0) is 71.0. The van der Waals surface area contributed by atoms with Crippen molar-refractivity contribution in [3.8, 4) is 0 Å². The van der Waals surface area contributed by atoms with Crippen LogP contribution in [0.5, 0.6) is 0 Å². The Balaban J connectivity index is 5.28. The van der Waals surface area contributed by atoms with Gasteiger partial charge in [-0.05, 0) is 49.4 Å². The number of carbonyl (C=O) groups is 4. The van der Waals surface area contributed by atoms with E-state index in [1.807, 2.05) is 0 Å². The largest absolute Gasteiger partial charge is 0.472 e. The van der Waals surface area contributed by atoms with E-state index in [4.69, 9.17) is 37.0 Å². The molecule has 17 nitrogen and oxygen atoms in total. The van der Waals surface area contributed by atoms with Crippen LogP contribution in [0.25, 0.3) is 0 Å². The number of hydrogen-bond donors (Lipinski definition) is 3. The molecule has 0 heterocycles. The van der Waals surface area contributed by atoms with Crippen molar-refractivity contribution in [1.29, 1.82) is 0 Å². The SMILES string of the molecule is CCC(C)CCCCCCCCCCCCCCCCC(=O)O[C@H](COC(=O)CCCCCCCCCCCCC(C)CC)COP(=O)(O)OC[C@@H](O)COP(=O)(O)OC[C@@H](COC(=O)CCCCCCCCCCC(C)CC)OC(=O)CCCCCCCCCCC(C)CC. The fourth-order valence-corrected chi connectivity index (χ4v) is 13.2. The maximum Gasteiger partial charge on any atom is 0.472 e. The molecule has 6 unspecified atom stereocenters. The van der Waals surface area contributed by atoms with Crippen molar-refractivity contribution in [1.82, 2.24) is 0 Å². The Morgan fingerprint density at radius 3 is 0.688 bits per heavy atom. The van der Waals surface area contributed by atoms with Crippen molar-refractivity contribution >= 4 is 39.5 Å². The van der Waals surface area contributed by atoms with Gasteiger partial charge in [-0.25, -0.2) is 9.13 Å². The van der Waals surface area contributed by atoms with Gasteiger partial charge in [-0.1, -0.05) is 338 Å². The predicted octanol–water partition coefficient (Wildman–Crippen LogP) is 22.4. The Kier molecular flexibility index (Phi) is 65.0. The lowest BCUT2D eigenvalue weighted by Gasteiger charge is -2.21. The lowest BCUT2D eigenvalue weighted by molar-refractivity contribution is -0.161. The maximum atomic E-state index is 13.1. The van der Waals surface area contributed by atoms with E-state index < -0.39 is 97.5 Å². The third kappa shape index (κ3) is 65.4. The summed E-state index contributed by atoms with van der Waals surface area (Å²) in [4.78, 5) is 72.9. The van der Waals surface area contributed by atoms with Crippen LogP contribution in [0.4, 0.5) is 0 Å². The number of unbranched alkanes of at least 4 members (excludes halogenated alkanes) is 36. The molecule has 96 heavy (non-hydrogen) atoms. The molecule has 0 aromatic carbocycles. The summed E-state index contributed by atoms with van der Waals surface area (Å²) in [5.41, 5.74) is 0. The molecule has 0 fully saturated rings. The lowest BCUT2D eigenvalue weighted by Crippen LogP contribution is -2.30. The molecule has 19 heteroatoms. The maximum absolute atomic E-state index is 13.1. The summed E-state index contributed by atoms with van der Waals surface area (Å²) in [6.45, 7) is 14.3. The van der Waals surface area contributed by atoms with Crippen LogP contribution in [-0.2, 0) is 65.4 Å². The van der Waals surface area contributed by atoms with Gasteiger partial charge in [0.05, 0.1) is 26.4 Å². The van der Waals surface area contributed by atoms with E-state index in [2.05, 4.69) is 55.4 Å². The van der Waals surface area contributed by atoms with Gasteiger partial charge in [-0.3, -0.25) is 37.3 Å². The first kappa shape index (κ1) is 94.1. The molecule has 9 atom stereocenters. The molecule has 0 aromatic rings. The Bertz CT molecular complexity index is 1890. The number of phosphoric acid groups is 2. The minimum atomic E-state index is -4.96. The molecule has 0 bridgehead atoms. The second-order valence-corrected chi connectivity index (χ2v) is 31.6. The Hall–Kier alpha value is -1.94. The molecule has 3 N–H and O–H groups in total. The van der Waals surface area contributed by atoms with Crippen molar-refractivity contribution in [2.75, 3.05) is 39.6 Å². The number of carbonyl (C=O) groups excluding carboxylic acids is 4. The summed E-state index contributed by atoms with van der Waals surface area (Å²) in [6.07, 6.45) is 51.0. The number of esters is 4. The summed E-state index contributed by atoms with van der Waals surface area (Å²) in [7, 11) is -9.92. The second-order valence-electron chi connectivity index (χ2n) is 28.7. The smallest absolute Gasteiger partial charge is 0.462 e. The number of rotatable bonds is 74. The van der Waals surface area contributed by atoms with Crippen LogP contribution < -0.4 is 0 Å². The minimum absolute atomic E-state index is 0.104. The monoisotopic (exact) mass is 1410 g/mol. The van der Waals surface area contributed by atoms with Crippen molar-refractivity contribution < 1.29 is 80.2 Å². The number of aliphatic hydroxyl groups excluding tert-OH is 1. The van der Waals surface area contributed by atoms with Crippen molar-refractivity contribution in [2.24, 2.45) is 23.7 Å². The Morgan fingerprint density at radius 2 is 0.469 bits per heavy atom. The third-order valence-corrected chi connectivity index (χ3v) is 21.2. The number of aliphatic hydroxyl groups is 1. The molecular weight excluding hydrogens is 1260 g/mol. The van der Waals surface area contributed by atoms with Gasteiger partial charge in [0, 0.05) is 25.7 Å². The molecule has 0 spiro atoms. The molecular formula is C77H150O17P2. The summed E-state index contributed by atoms with van der Waals surface area (Å²) < 4.78 is 68.6. The molecule has 0 aliphatic carbocycles. The molecule has 0 rings (SSSR count). The lowest BCUT2D eigenvalue weighted by atomic mass is 9.99. The topological polar surface area (TPSA) is 237 Å². The van der Waals surface area contributed by atoms with E-state index in [1.54, 1.807) is 0 Å². The highest BCUT2D eigenvalue weighted by Gasteiger charge is 2.30. The van der Waals surface area contributed by atoms with E-state index in [9.17, 15) is 43.2 Å². The van der Waals surface area contributed by atoms with Gasteiger partial charge in [-0.2, -0.15) is 0 Å². The summed E-state index contributed by atoms with van der Waals surface area (Å²) in [5, 5.41) is 10.6. The average Bonchev–Trinajstić information content (AvgIpc) is 1.51. The van der Waals surface area contributed by atoms with Crippen molar-refractivity contribution in [2.45, 2.75) is 408 Å². The predicted molar refractivity (Wildman–Crippen MR) is 391 cm³/mol. The van der Waals surface area contributed by atoms with Crippen LogP contribution in [0.2, 0.25) is 0 Å². The first-order chi connectivity index (χ1) is 46.2. The average molecular weight is 1410 g/mol. The Labute approximate surface area is 588 Å². The summed E-state index contributed by atoms with van der Waals surface area (Å²) >= 11 is 0. The summed E-state index contributed by atoms with van der Waals surface area (Å²) in [5.74, 6) is 1.08. The van der Waals surface area contributed by atoms with Crippen LogP contribution in [0, 0.1) is 23.7 Å². The van der Waals surface area contributed by atoms with E-state index in [0.717, 1.165) is 114 Å². The van der Waals surface area contributed by atoms with Gasteiger partial charge in [0.25, 0.3) is 0 Å². The van der Waals surface area contributed by atoms with Crippen molar-refractivity contribution in [3.63, 3.8) is 0 Å². The standard InChI is InChI=1S/C77H150O17P2/c1-9-67(5)53-45-37-29-21-17-15-13-14-16-18-24-35-43-51-59-76(81)93-72(63-87-74(79)57-49-41-33-23-20-19-22-30-38-46-54-68(6)10-2)65-91-95(83,84)89-61-71(78)62-90-96(85,86)92-66-73(94-77(82)60-52-44-36-28-26-32-40-48-56-70(8)12-4)64-88-75(80)58-50-42-34-27-25-31-39-47-55-69(7)11-3/h67-73,78H,9-66H2,1-8H3,(H,83,84)(H,85,86)/t67?,68?,69?,70?,71-,72-,73-/m1/s1. The number of ether oxygens (including phenoxy) is 4. The molecule has 0 saturated heterocycles. The van der Waals surface area contributed by atoms with Gasteiger partial charge in [-0.15, -0.1) is 0 Å². The molecule has 0 aliphatic heterocycles. The fraction of sp³-hybridized carbons (Fsp3) is 0.948. The molecule has 0 amide bonds. The van der Waals surface area contributed by atoms with Crippen molar-refractivity contribution in [3.05, 3.63) is 0 Å². The highest BCUT2D eigenvalue weighted by molar-refractivity contribution is 7.47. The first-order valence-electron chi connectivity index (χ1n) is 39.9. The fourth-order valence-electron chi connectivity index (χ4n) is 11.6. The Morgan fingerprint density at radius 1 is 0.281 bits per heavy atom. The molecule has 0 aliphatic rings. The van der Waals surface area contributed by atoms with E-state index in [0.29, 0.717) is 25.7 Å². The molecule has 0 radical (unpaired) electrons. The highest BCUT2D eigenvalue weighted by atomic mass is 31.2. The summed E-state index contributed by atoms with van der Waals surface area (Å²) in [6, 6.07) is 0. The van der Waals surface area contributed by atoms with E-state index in [1.165, 1.54) is 193 Å².